The van der Waals surface area contributed by atoms with E-state index >= 15 is 0 Å². The molecule has 8 nitrogen and oxygen atoms in total. The Morgan fingerprint density at radius 2 is 1.86 bits per heavy atom. The zero-order valence-corrected chi connectivity index (χ0v) is 24.5. The van der Waals surface area contributed by atoms with Gasteiger partial charge in [0.05, 0.1) is 30.6 Å². The molecule has 0 radical (unpaired) electrons. The molecular weight excluding hydrogens is 538 g/mol. The monoisotopic (exact) mass is 581 g/mol. The highest BCUT2D eigenvalue weighted by Gasteiger charge is 2.77. The predicted octanol–water partition coefficient (Wildman–Crippen LogP) is 2.99. The molecule has 1 N–H and O–H groups in total. The topological polar surface area (TPSA) is 90.4 Å². The molecule has 3 fully saturated rings. The van der Waals surface area contributed by atoms with E-state index in [1.807, 2.05) is 34.6 Å². The second kappa shape index (κ2) is 12.0. The number of hydrogen-bond donors (Lipinski definition) is 1. The molecule has 3 unspecified atom stereocenters. The highest BCUT2D eigenvalue weighted by atomic mass is 79.9. The summed E-state index contributed by atoms with van der Waals surface area (Å²) in [4.78, 5) is 47.5. The fourth-order valence-electron chi connectivity index (χ4n) is 6.58. The first-order chi connectivity index (χ1) is 17.6. The molecule has 0 aromatic carbocycles. The molecule has 1 spiro atoms. The molecule has 0 aromatic heterocycles. The van der Waals surface area contributed by atoms with Gasteiger partial charge in [0.25, 0.3) is 0 Å². The number of ether oxygens (including phenoxy) is 1. The molecule has 0 saturated carbocycles. The summed E-state index contributed by atoms with van der Waals surface area (Å²) in [5.74, 6) is -2.17. The van der Waals surface area contributed by atoms with Crippen LogP contribution < -0.4 is 0 Å². The van der Waals surface area contributed by atoms with Gasteiger partial charge in [-0.25, -0.2) is 0 Å². The van der Waals surface area contributed by atoms with Crippen LogP contribution in [-0.2, 0) is 19.1 Å². The van der Waals surface area contributed by atoms with Crippen LogP contribution >= 0.6 is 15.9 Å². The third-order valence-electron chi connectivity index (χ3n) is 8.48. The summed E-state index contributed by atoms with van der Waals surface area (Å²) < 4.78 is 6.65. The maximum atomic E-state index is 14.4. The summed E-state index contributed by atoms with van der Waals surface area (Å²) in [5, 5.41) is 10.5. The molecular formula is C28H44BrN3O5. The number of hydrogen-bond acceptors (Lipinski definition) is 5. The first kappa shape index (κ1) is 29.8. The van der Waals surface area contributed by atoms with Gasteiger partial charge in [-0.1, -0.05) is 55.3 Å². The van der Waals surface area contributed by atoms with Crippen LogP contribution in [0.25, 0.3) is 0 Å². The van der Waals surface area contributed by atoms with Gasteiger partial charge in [0.2, 0.25) is 17.7 Å². The Hall–Kier alpha value is -1.71. The molecule has 3 saturated heterocycles. The van der Waals surface area contributed by atoms with E-state index in [0.717, 1.165) is 12.8 Å². The number of nitrogens with zero attached hydrogens (tertiary/aromatic N) is 3. The van der Waals surface area contributed by atoms with Gasteiger partial charge in [0, 0.05) is 30.5 Å². The van der Waals surface area contributed by atoms with Gasteiger partial charge in [0.15, 0.2) is 0 Å². The Morgan fingerprint density at radius 3 is 2.38 bits per heavy atom. The highest BCUT2D eigenvalue weighted by molar-refractivity contribution is 9.09. The van der Waals surface area contributed by atoms with Gasteiger partial charge >= 0.3 is 0 Å². The molecule has 2 bridgehead atoms. The maximum absolute atomic E-state index is 14.4. The Morgan fingerprint density at radius 1 is 1.22 bits per heavy atom. The lowest BCUT2D eigenvalue weighted by molar-refractivity contribution is -0.154. The molecule has 0 aromatic rings. The van der Waals surface area contributed by atoms with Crippen molar-refractivity contribution in [3.05, 3.63) is 25.3 Å². The van der Waals surface area contributed by atoms with E-state index in [2.05, 4.69) is 29.1 Å². The van der Waals surface area contributed by atoms with E-state index in [4.69, 9.17) is 4.74 Å². The lowest BCUT2D eigenvalue weighted by atomic mass is 9.70. The highest BCUT2D eigenvalue weighted by Crippen LogP contribution is 2.61. The van der Waals surface area contributed by atoms with E-state index in [0.29, 0.717) is 26.1 Å². The van der Waals surface area contributed by atoms with E-state index in [9.17, 15) is 19.5 Å². The number of aliphatic hydroxyl groups excluding tert-OH is 1. The van der Waals surface area contributed by atoms with Crippen molar-refractivity contribution in [2.24, 2.45) is 17.8 Å². The van der Waals surface area contributed by atoms with E-state index < -0.39 is 35.6 Å². The van der Waals surface area contributed by atoms with E-state index in [1.165, 1.54) is 0 Å². The second-order valence-electron chi connectivity index (χ2n) is 11.0. The number of alkyl halides is 1. The van der Waals surface area contributed by atoms with Crippen molar-refractivity contribution in [1.82, 2.24) is 14.7 Å². The van der Waals surface area contributed by atoms with Crippen LogP contribution in [0.3, 0.4) is 0 Å². The Labute approximate surface area is 230 Å². The van der Waals surface area contributed by atoms with Crippen molar-refractivity contribution in [2.45, 2.75) is 88.5 Å². The van der Waals surface area contributed by atoms with Gasteiger partial charge in [-0.05, 0) is 32.6 Å². The van der Waals surface area contributed by atoms with Gasteiger partial charge in [0.1, 0.15) is 11.6 Å². The molecule has 0 aliphatic carbocycles. The standard InChI is InChI=1S/C28H44BrN3O5/c1-8-12-30(13-9-2)25(34)21-22-26(35)32(20(16-33)18(7)11-4)24(27(36)31(14-10-3)17(5)6)28(22)15-19(29)23(21)37-28/h8,10,17-24,33H,1,3,9,11-16H2,2,4-7H3/t18-,19?,20-,21+,22-,23+,24?,28?/m0/s1. The molecule has 3 aliphatic rings. The Balaban J connectivity index is 2.17. The average Bonchev–Trinajstić information content (AvgIpc) is 3.45. The van der Waals surface area contributed by atoms with Crippen molar-refractivity contribution in [3.63, 3.8) is 0 Å². The van der Waals surface area contributed by atoms with Crippen molar-refractivity contribution in [3.8, 4) is 0 Å². The van der Waals surface area contributed by atoms with Gasteiger partial charge in [-0.3, -0.25) is 14.4 Å². The minimum atomic E-state index is -1.14. The van der Waals surface area contributed by atoms with Crippen molar-refractivity contribution >= 4 is 33.7 Å². The first-order valence-electron chi connectivity index (χ1n) is 13.6. The Bertz CT molecular complexity index is 897. The van der Waals surface area contributed by atoms with E-state index in [-0.39, 0.29) is 41.1 Å². The summed E-state index contributed by atoms with van der Waals surface area (Å²) in [6.07, 6.45) is 4.81. The normalized spacial score (nSPS) is 31.8. The summed E-state index contributed by atoms with van der Waals surface area (Å²) in [5.41, 5.74) is -1.14. The van der Waals surface area contributed by atoms with Gasteiger partial charge in [-0.15, -0.1) is 13.2 Å². The number of amides is 3. The number of fused-ring (bicyclic) bond motifs is 1. The largest absolute Gasteiger partial charge is 0.394 e. The number of carbonyl (C=O) groups excluding carboxylic acids is 3. The zero-order chi connectivity index (χ0) is 27.7. The molecule has 9 heteroatoms. The zero-order valence-electron chi connectivity index (χ0n) is 22.9. The van der Waals surface area contributed by atoms with Crippen LogP contribution in [-0.4, -0.2) is 98.4 Å². The van der Waals surface area contributed by atoms with Crippen LogP contribution in [0.4, 0.5) is 0 Å². The third-order valence-corrected chi connectivity index (χ3v) is 9.32. The first-order valence-corrected chi connectivity index (χ1v) is 14.5. The van der Waals surface area contributed by atoms with Crippen LogP contribution in [0.1, 0.15) is 53.9 Å². The molecule has 8 atom stereocenters. The van der Waals surface area contributed by atoms with Crippen molar-refractivity contribution in [2.75, 3.05) is 26.2 Å². The number of carbonyl (C=O) groups is 3. The van der Waals surface area contributed by atoms with Crippen LogP contribution in [0, 0.1) is 17.8 Å². The number of rotatable bonds is 13. The third kappa shape index (κ3) is 4.91. The minimum absolute atomic E-state index is 0.0464. The average molecular weight is 583 g/mol. The van der Waals surface area contributed by atoms with Crippen molar-refractivity contribution in [1.29, 1.82) is 0 Å². The molecule has 3 rings (SSSR count). The number of halogens is 1. The predicted molar refractivity (Wildman–Crippen MR) is 147 cm³/mol. The van der Waals surface area contributed by atoms with Crippen LogP contribution in [0.5, 0.6) is 0 Å². The van der Waals surface area contributed by atoms with Gasteiger partial charge in [-0.2, -0.15) is 0 Å². The lowest BCUT2D eigenvalue weighted by Gasteiger charge is -2.41. The minimum Gasteiger partial charge on any atom is -0.394 e. The van der Waals surface area contributed by atoms with E-state index in [1.54, 1.807) is 26.9 Å². The summed E-state index contributed by atoms with van der Waals surface area (Å²) in [7, 11) is 0. The summed E-state index contributed by atoms with van der Waals surface area (Å²) in [6, 6.07) is -1.62. The second-order valence-corrected chi connectivity index (χ2v) is 12.2. The fourth-order valence-corrected chi connectivity index (χ4v) is 7.52. The quantitative estimate of drug-likeness (QED) is 0.267. The van der Waals surface area contributed by atoms with Gasteiger partial charge < -0.3 is 24.5 Å². The van der Waals surface area contributed by atoms with Crippen LogP contribution in [0.15, 0.2) is 25.3 Å². The Kier molecular flexibility index (Phi) is 9.67. The number of aliphatic hydroxyl groups is 1. The smallest absolute Gasteiger partial charge is 0.248 e. The maximum Gasteiger partial charge on any atom is 0.248 e. The summed E-state index contributed by atoms with van der Waals surface area (Å²) in [6.45, 7) is 18.5. The molecule has 208 valence electrons. The molecule has 37 heavy (non-hydrogen) atoms. The van der Waals surface area contributed by atoms with Crippen LogP contribution in [0.2, 0.25) is 0 Å². The molecule has 3 aliphatic heterocycles. The molecule has 3 heterocycles. The van der Waals surface area contributed by atoms with Crippen molar-refractivity contribution < 1.29 is 24.2 Å². The number of likely N-dealkylation sites (tertiary alicyclic amines) is 1. The summed E-state index contributed by atoms with van der Waals surface area (Å²) >= 11 is 3.74. The fraction of sp³-hybridized carbons (Fsp3) is 0.750. The SMILES string of the molecule is C=CCN(CCC)C(=O)[C@H]1[C@@H]2OC3(CC2Br)C(C(=O)N(CC=C)C(C)C)N([C@@H](CO)[C@@H](C)CC)C(=O)[C@H]13. The lowest BCUT2D eigenvalue weighted by Crippen LogP contribution is -2.60. The molecule has 3 amide bonds.